The molecule has 0 aromatic heterocycles. The summed E-state index contributed by atoms with van der Waals surface area (Å²) in [6.07, 6.45) is 0.112. The SMILES string of the molecule is O=C(O)C1CC(=O)N(Cc2ccc(N3CCOCC3)cc2)C1. The summed E-state index contributed by atoms with van der Waals surface area (Å²) in [5.41, 5.74) is 2.18. The van der Waals surface area contributed by atoms with Crippen LogP contribution in [0.5, 0.6) is 0 Å². The molecule has 0 radical (unpaired) electrons. The van der Waals surface area contributed by atoms with Gasteiger partial charge in [0.2, 0.25) is 5.91 Å². The Morgan fingerprint density at radius 3 is 2.50 bits per heavy atom. The minimum Gasteiger partial charge on any atom is -0.481 e. The van der Waals surface area contributed by atoms with E-state index in [-0.39, 0.29) is 12.3 Å². The number of hydrogen-bond acceptors (Lipinski definition) is 4. The van der Waals surface area contributed by atoms with Gasteiger partial charge in [-0.05, 0) is 17.7 Å². The molecular weight excluding hydrogens is 284 g/mol. The van der Waals surface area contributed by atoms with E-state index in [9.17, 15) is 9.59 Å². The van der Waals surface area contributed by atoms with Crippen LogP contribution in [0.4, 0.5) is 5.69 Å². The van der Waals surface area contributed by atoms with Crippen molar-refractivity contribution < 1.29 is 19.4 Å². The molecule has 1 N–H and O–H groups in total. The van der Waals surface area contributed by atoms with E-state index in [0.717, 1.165) is 37.6 Å². The number of anilines is 1. The van der Waals surface area contributed by atoms with Gasteiger partial charge in [-0.1, -0.05) is 12.1 Å². The highest BCUT2D eigenvalue weighted by atomic mass is 16.5. The Morgan fingerprint density at radius 2 is 1.91 bits per heavy atom. The number of nitrogens with zero attached hydrogens (tertiary/aromatic N) is 2. The average molecular weight is 304 g/mol. The second-order valence-electron chi connectivity index (χ2n) is 5.78. The molecule has 1 unspecified atom stereocenters. The zero-order valence-electron chi connectivity index (χ0n) is 12.4. The number of carboxylic acids is 1. The van der Waals surface area contributed by atoms with Crippen LogP contribution in [0.3, 0.4) is 0 Å². The molecule has 2 aliphatic heterocycles. The second kappa shape index (κ2) is 6.36. The minimum atomic E-state index is -0.890. The van der Waals surface area contributed by atoms with Crippen LogP contribution < -0.4 is 4.90 Å². The Balaban J connectivity index is 1.61. The predicted molar refractivity (Wildman–Crippen MR) is 80.6 cm³/mol. The number of rotatable bonds is 4. The molecule has 0 bridgehead atoms. The van der Waals surface area contributed by atoms with Crippen LogP contribution in [0.2, 0.25) is 0 Å². The van der Waals surface area contributed by atoms with Crippen molar-refractivity contribution in [2.75, 3.05) is 37.7 Å². The van der Waals surface area contributed by atoms with Gasteiger partial charge in [0.15, 0.2) is 0 Å². The lowest BCUT2D eigenvalue weighted by molar-refractivity contribution is -0.141. The van der Waals surface area contributed by atoms with Crippen LogP contribution in [-0.4, -0.2) is 54.7 Å². The zero-order chi connectivity index (χ0) is 15.5. The highest BCUT2D eigenvalue weighted by molar-refractivity contribution is 5.86. The third-order valence-corrected chi connectivity index (χ3v) is 4.25. The molecule has 1 aromatic rings. The standard InChI is InChI=1S/C16H20N2O4/c19-15-9-13(16(20)21)11-18(15)10-12-1-3-14(4-2-12)17-5-7-22-8-6-17/h1-4,13H,5-11H2,(H,20,21). The number of carbonyl (C=O) groups excluding carboxylic acids is 1. The van der Waals surface area contributed by atoms with Crippen molar-refractivity contribution in [3.05, 3.63) is 29.8 Å². The van der Waals surface area contributed by atoms with Gasteiger partial charge in [-0.15, -0.1) is 0 Å². The molecule has 0 spiro atoms. The highest BCUT2D eigenvalue weighted by Crippen LogP contribution is 2.22. The number of hydrogen-bond donors (Lipinski definition) is 1. The maximum atomic E-state index is 11.8. The predicted octanol–water partition coefficient (Wildman–Crippen LogP) is 0.956. The number of likely N-dealkylation sites (tertiary alicyclic amines) is 1. The first kappa shape index (κ1) is 14.8. The fraction of sp³-hybridized carbons (Fsp3) is 0.500. The lowest BCUT2D eigenvalue weighted by Gasteiger charge is -2.29. The van der Waals surface area contributed by atoms with E-state index >= 15 is 0 Å². The van der Waals surface area contributed by atoms with Crippen molar-refractivity contribution in [3.8, 4) is 0 Å². The molecular formula is C16H20N2O4. The van der Waals surface area contributed by atoms with Gasteiger partial charge in [0, 0.05) is 38.3 Å². The van der Waals surface area contributed by atoms with Gasteiger partial charge >= 0.3 is 5.97 Å². The van der Waals surface area contributed by atoms with Crippen molar-refractivity contribution in [2.45, 2.75) is 13.0 Å². The number of morpholine rings is 1. The van der Waals surface area contributed by atoms with Crippen LogP contribution in [0, 0.1) is 5.92 Å². The maximum absolute atomic E-state index is 11.8. The number of carbonyl (C=O) groups is 2. The Morgan fingerprint density at radius 1 is 1.23 bits per heavy atom. The van der Waals surface area contributed by atoms with Crippen LogP contribution in [-0.2, 0) is 20.9 Å². The van der Waals surface area contributed by atoms with E-state index in [1.165, 1.54) is 0 Å². The summed E-state index contributed by atoms with van der Waals surface area (Å²) in [5, 5.41) is 9.00. The first-order valence-corrected chi connectivity index (χ1v) is 7.55. The summed E-state index contributed by atoms with van der Waals surface area (Å²) < 4.78 is 5.34. The Bertz CT molecular complexity index is 552. The van der Waals surface area contributed by atoms with Gasteiger partial charge in [-0.2, -0.15) is 0 Å². The summed E-state index contributed by atoms with van der Waals surface area (Å²) >= 11 is 0. The summed E-state index contributed by atoms with van der Waals surface area (Å²) in [6, 6.07) is 8.12. The van der Waals surface area contributed by atoms with Crippen molar-refractivity contribution >= 4 is 17.6 Å². The Kier molecular flexibility index (Phi) is 4.29. The smallest absolute Gasteiger partial charge is 0.308 e. The van der Waals surface area contributed by atoms with Gasteiger partial charge in [0.05, 0.1) is 19.1 Å². The summed E-state index contributed by atoms with van der Waals surface area (Å²) in [5.74, 6) is -1.54. The third-order valence-electron chi connectivity index (χ3n) is 4.25. The fourth-order valence-electron chi connectivity index (χ4n) is 2.94. The van der Waals surface area contributed by atoms with Crippen molar-refractivity contribution in [1.82, 2.24) is 4.90 Å². The van der Waals surface area contributed by atoms with Gasteiger partial charge in [0.1, 0.15) is 0 Å². The molecule has 1 atom stereocenters. The number of amides is 1. The summed E-state index contributed by atoms with van der Waals surface area (Å²) in [7, 11) is 0. The van der Waals surface area contributed by atoms with Gasteiger partial charge in [-0.25, -0.2) is 0 Å². The first-order valence-electron chi connectivity index (χ1n) is 7.55. The minimum absolute atomic E-state index is 0.0790. The van der Waals surface area contributed by atoms with Crippen LogP contribution in [0.25, 0.3) is 0 Å². The summed E-state index contributed by atoms with van der Waals surface area (Å²) in [4.78, 5) is 26.7. The Hall–Kier alpha value is -2.08. The fourth-order valence-corrected chi connectivity index (χ4v) is 2.94. The zero-order valence-corrected chi connectivity index (χ0v) is 12.4. The van der Waals surface area contributed by atoms with E-state index in [1.807, 2.05) is 12.1 Å². The Labute approximate surface area is 129 Å². The molecule has 6 nitrogen and oxygen atoms in total. The van der Waals surface area contributed by atoms with E-state index < -0.39 is 11.9 Å². The van der Waals surface area contributed by atoms with Crippen LogP contribution >= 0.6 is 0 Å². The molecule has 1 amide bonds. The lowest BCUT2D eigenvalue weighted by Crippen LogP contribution is -2.36. The number of aliphatic carboxylic acids is 1. The number of carboxylic acid groups (broad SMARTS) is 1. The molecule has 1 aromatic carbocycles. The molecule has 2 heterocycles. The van der Waals surface area contributed by atoms with E-state index in [0.29, 0.717) is 13.1 Å². The highest BCUT2D eigenvalue weighted by Gasteiger charge is 2.34. The van der Waals surface area contributed by atoms with E-state index in [4.69, 9.17) is 9.84 Å². The monoisotopic (exact) mass is 304 g/mol. The molecule has 22 heavy (non-hydrogen) atoms. The van der Waals surface area contributed by atoms with E-state index in [2.05, 4.69) is 17.0 Å². The maximum Gasteiger partial charge on any atom is 0.308 e. The largest absolute Gasteiger partial charge is 0.481 e. The van der Waals surface area contributed by atoms with Crippen LogP contribution in [0.15, 0.2) is 24.3 Å². The number of ether oxygens (including phenoxy) is 1. The van der Waals surface area contributed by atoms with Crippen molar-refractivity contribution in [1.29, 1.82) is 0 Å². The molecule has 0 saturated carbocycles. The van der Waals surface area contributed by atoms with Crippen molar-refractivity contribution in [2.24, 2.45) is 5.92 Å². The summed E-state index contributed by atoms with van der Waals surface area (Å²) in [6.45, 7) is 4.07. The molecule has 0 aliphatic carbocycles. The lowest BCUT2D eigenvalue weighted by atomic mass is 10.1. The van der Waals surface area contributed by atoms with Gasteiger partial charge < -0.3 is 19.6 Å². The average Bonchev–Trinajstić information content (AvgIpc) is 2.90. The topological polar surface area (TPSA) is 70.1 Å². The molecule has 118 valence electrons. The number of benzene rings is 1. The molecule has 2 aliphatic rings. The first-order chi connectivity index (χ1) is 10.6. The molecule has 3 rings (SSSR count). The second-order valence-corrected chi connectivity index (χ2v) is 5.78. The van der Waals surface area contributed by atoms with E-state index in [1.54, 1.807) is 4.90 Å². The quantitative estimate of drug-likeness (QED) is 0.897. The molecule has 2 saturated heterocycles. The molecule has 2 fully saturated rings. The molecule has 6 heteroatoms. The van der Waals surface area contributed by atoms with Crippen LogP contribution in [0.1, 0.15) is 12.0 Å². The van der Waals surface area contributed by atoms with Gasteiger partial charge in [-0.3, -0.25) is 9.59 Å². The van der Waals surface area contributed by atoms with Crippen molar-refractivity contribution in [3.63, 3.8) is 0 Å². The third kappa shape index (κ3) is 3.22. The normalized spacial score (nSPS) is 22.2. The van der Waals surface area contributed by atoms with Gasteiger partial charge in [0.25, 0.3) is 0 Å².